The number of carbonyl (C=O) groups is 1. The van der Waals surface area contributed by atoms with E-state index in [4.69, 9.17) is 0 Å². The van der Waals surface area contributed by atoms with E-state index < -0.39 is 0 Å². The van der Waals surface area contributed by atoms with E-state index >= 15 is 0 Å². The minimum Gasteiger partial charge on any atom is -0.334 e. The van der Waals surface area contributed by atoms with Crippen LogP contribution in [0.2, 0.25) is 0 Å². The zero-order valence-corrected chi connectivity index (χ0v) is 17.0. The third kappa shape index (κ3) is 4.56. The van der Waals surface area contributed by atoms with Gasteiger partial charge in [0.25, 0.3) is 0 Å². The largest absolute Gasteiger partial charge is 0.334 e. The topological polar surface area (TPSA) is 54.3 Å². The van der Waals surface area contributed by atoms with Crippen LogP contribution in [-0.4, -0.2) is 49.6 Å². The predicted molar refractivity (Wildman–Crippen MR) is 106 cm³/mol. The molecule has 0 N–H and O–H groups in total. The Morgan fingerprint density at radius 1 is 1.37 bits per heavy atom. The van der Waals surface area contributed by atoms with Gasteiger partial charge in [0.1, 0.15) is 0 Å². The molecule has 0 aliphatic carbocycles. The third-order valence-electron chi connectivity index (χ3n) is 5.61. The van der Waals surface area contributed by atoms with Crippen LogP contribution < -0.4 is 0 Å². The number of pyridine rings is 1. The van der Waals surface area contributed by atoms with Crippen LogP contribution in [0, 0.1) is 13.8 Å². The lowest BCUT2D eigenvalue weighted by Crippen LogP contribution is -2.49. The average Bonchev–Trinajstić information content (AvgIpc) is 2.94. The Hall–Kier alpha value is -2.21. The van der Waals surface area contributed by atoms with E-state index in [0.29, 0.717) is 6.54 Å². The van der Waals surface area contributed by atoms with Gasteiger partial charge in [-0.3, -0.25) is 19.4 Å². The fourth-order valence-corrected chi connectivity index (χ4v) is 4.11. The quantitative estimate of drug-likeness (QED) is 0.786. The first-order valence-electron chi connectivity index (χ1n) is 9.91. The average molecular weight is 370 g/mol. The molecule has 2 aromatic rings. The van der Waals surface area contributed by atoms with Gasteiger partial charge in [-0.15, -0.1) is 0 Å². The molecule has 0 radical (unpaired) electrons. The van der Waals surface area contributed by atoms with Gasteiger partial charge in [0.05, 0.1) is 5.69 Å². The van der Waals surface area contributed by atoms with Crippen LogP contribution in [0.25, 0.3) is 0 Å². The number of amides is 1. The Balaban J connectivity index is 1.70. The van der Waals surface area contributed by atoms with Crippen LogP contribution in [-0.2, 0) is 24.4 Å². The highest BCUT2D eigenvalue weighted by Gasteiger charge is 2.28. The summed E-state index contributed by atoms with van der Waals surface area (Å²) in [5.74, 6) is 0.136. The molecule has 0 spiro atoms. The molecule has 0 aromatic carbocycles. The van der Waals surface area contributed by atoms with Gasteiger partial charge in [0.15, 0.2) is 0 Å². The highest BCUT2D eigenvalue weighted by atomic mass is 16.2. The van der Waals surface area contributed by atoms with Gasteiger partial charge in [-0.25, -0.2) is 0 Å². The summed E-state index contributed by atoms with van der Waals surface area (Å²) in [4.78, 5) is 21.0. The van der Waals surface area contributed by atoms with Crippen molar-refractivity contribution in [3.8, 4) is 0 Å². The lowest BCUT2D eigenvalue weighted by atomic mass is 10.0. The van der Waals surface area contributed by atoms with E-state index in [9.17, 15) is 4.79 Å². The van der Waals surface area contributed by atoms with Gasteiger partial charge in [0, 0.05) is 62.8 Å². The van der Waals surface area contributed by atoms with Crippen LogP contribution in [0.1, 0.15) is 49.2 Å². The molecule has 1 aliphatic heterocycles. The first-order chi connectivity index (χ1) is 13.0. The fraction of sp³-hybridized carbons (Fsp3) is 0.571. The van der Waals surface area contributed by atoms with E-state index in [0.717, 1.165) is 50.3 Å². The molecular formula is C21H31N5O. The summed E-state index contributed by atoms with van der Waals surface area (Å²) in [6.07, 6.45) is 5.79. The maximum atomic E-state index is 12.3. The summed E-state index contributed by atoms with van der Waals surface area (Å²) in [6, 6.07) is 4.21. The molecule has 27 heavy (non-hydrogen) atoms. The number of likely N-dealkylation sites (tertiary alicyclic amines) is 1. The molecule has 1 amide bonds. The van der Waals surface area contributed by atoms with Gasteiger partial charge in [-0.1, -0.05) is 6.07 Å². The first kappa shape index (κ1) is 19.5. The molecule has 1 aliphatic rings. The van der Waals surface area contributed by atoms with Crippen molar-refractivity contribution in [1.29, 1.82) is 0 Å². The Bertz CT molecular complexity index is 770. The van der Waals surface area contributed by atoms with E-state index in [-0.39, 0.29) is 11.9 Å². The van der Waals surface area contributed by atoms with Crippen molar-refractivity contribution in [3.63, 3.8) is 0 Å². The number of carbonyl (C=O) groups excluding carboxylic acids is 1. The molecule has 1 unspecified atom stereocenters. The number of hydrogen-bond donors (Lipinski definition) is 0. The van der Waals surface area contributed by atoms with Gasteiger partial charge in [-0.2, -0.15) is 5.10 Å². The lowest BCUT2D eigenvalue weighted by molar-refractivity contribution is -0.133. The second-order valence-electron chi connectivity index (χ2n) is 7.50. The Morgan fingerprint density at radius 2 is 2.19 bits per heavy atom. The smallest absolute Gasteiger partial charge is 0.220 e. The summed E-state index contributed by atoms with van der Waals surface area (Å²) in [6.45, 7) is 12.5. The van der Waals surface area contributed by atoms with Gasteiger partial charge < -0.3 is 4.90 Å². The Labute approximate surface area is 162 Å². The summed E-state index contributed by atoms with van der Waals surface area (Å²) < 4.78 is 2.08. The Morgan fingerprint density at radius 3 is 2.81 bits per heavy atom. The SMILES string of the molecule is CCn1nc(C)c(CN2CCCC(N(Cc3cccnc3)C(C)=O)C2)c1C. The molecule has 0 bridgehead atoms. The summed E-state index contributed by atoms with van der Waals surface area (Å²) in [5.41, 5.74) is 4.80. The van der Waals surface area contributed by atoms with Crippen molar-refractivity contribution in [2.24, 2.45) is 0 Å². The normalized spacial score (nSPS) is 17.9. The first-order valence-corrected chi connectivity index (χ1v) is 9.91. The number of hydrogen-bond acceptors (Lipinski definition) is 4. The molecule has 146 valence electrons. The van der Waals surface area contributed by atoms with Gasteiger partial charge in [-0.05, 0) is 51.8 Å². The van der Waals surface area contributed by atoms with Crippen LogP contribution >= 0.6 is 0 Å². The number of nitrogens with zero attached hydrogens (tertiary/aromatic N) is 5. The number of aryl methyl sites for hydroxylation is 2. The number of rotatable bonds is 6. The molecule has 2 aromatic heterocycles. The van der Waals surface area contributed by atoms with E-state index in [1.165, 1.54) is 11.3 Å². The second-order valence-corrected chi connectivity index (χ2v) is 7.50. The van der Waals surface area contributed by atoms with Crippen molar-refractivity contribution < 1.29 is 4.79 Å². The molecule has 1 saturated heterocycles. The van der Waals surface area contributed by atoms with Crippen molar-refractivity contribution in [2.45, 2.75) is 66.2 Å². The molecule has 3 rings (SSSR count). The third-order valence-corrected chi connectivity index (χ3v) is 5.61. The Kier molecular flexibility index (Phi) is 6.26. The molecular weight excluding hydrogens is 338 g/mol. The van der Waals surface area contributed by atoms with Gasteiger partial charge in [0.2, 0.25) is 5.91 Å². The number of piperidine rings is 1. The minimum atomic E-state index is 0.136. The lowest BCUT2D eigenvalue weighted by Gasteiger charge is -2.39. The summed E-state index contributed by atoms with van der Waals surface area (Å²) in [5, 5.41) is 4.65. The van der Waals surface area contributed by atoms with E-state index in [2.05, 4.69) is 40.4 Å². The minimum absolute atomic E-state index is 0.136. The fourth-order valence-electron chi connectivity index (χ4n) is 4.11. The predicted octanol–water partition coefficient (Wildman–Crippen LogP) is 2.93. The van der Waals surface area contributed by atoms with Crippen LogP contribution in [0.3, 0.4) is 0 Å². The maximum Gasteiger partial charge on any atom is 0.220 e. The zero-order chi connectivity index (χ0) is 19.4. The highest BCUT2D eigenvalue weighted by molar-refractivity contribution is 5.73. The molecule has 3 heterocycles. The van der Waals surface area contributed by atoms with Crippen LogP contribution in [0.5, 0.6) is 0 Å². The molecule has 0 saturated carbocycles. The zero-order valence-electron chi connectivity index (χ0n) is 17.0. The maximum absolute atomic E-state index is 12.3. The standard InChI is InChI=1S/C21H31N5O/c1-5-26-17(3)21(16(2)23-26)15-24-11-7-9-20(14-24)25(18(4)27)13-19-8-6-10-22-12-19/h6,8,10,12,20H,5,7,9,11,13-15H2,1-4H3. The van der Waals surface area contributed by atoms with Crippen molar-refractivity contribution in [3.05, 3.63) is 47.0 Å². The van der Waals surface area contributed by atoms with E-state index in [1.54, 1.807) is 13.1 Å². The van der Waals surface area contributed by atoms with Crippen molar-refractivity contribution in [2.75, 3.05) is 13.1 Å². The van der Waals surface area contributed by atoms with Gasteiger partial charge >= 0.3 is 0 Å². The van der Waals surface area contributed by atoms with Crippen LogP contribution in [0.15, 0.2) is 24.5 Å². The molecule has 1 fully saturated rings. The highest BCUT2D eigenvalue weighted by Crippen LogP contribution is 2.22. The molecule has 6 nitrogen and oxygen atoms in total. The van der Waals surface area contributed by atoms with E-state index in [1.807, 2.05) is 23.2 Å². The monoisotopic (exact) mass is 369 g/mol. The summed E-state index contributed by atoms with van der Waals surface area (Å²) >= 11 is 0. The van der Waals surface area contributed by atoms with Crippen LogP contribution in [0.4, 0.5) is 0 Å². The number of aromatic nitrogens is 3. The molecule has 1 atom stereocenters. The second kappa shape index (κ2) is 8.65. The van der Waals surface area contributed by atoms with Crippen molar-refractivity contribution >= 4 is 5.91 Å². The molecule has 6 heteroatoms. The van der Waals surface area contributed by atoms with Crippen molar-refractivity contribution in [1.82, 2.24) is 24.6 Å². The summed E-state index contributed by atoms with van der Waals surface area (Å²) in [7, 11) is 0.